The standard InChI is InChI=1S/C14H15F3N4/c15-14(16,17)10-3-1-9(2-4-10)12-7-13(21-20-12)19-11-5-6-18-8-11/h1-4,7,11,18H,5-6,8H2,(H2,19,20,21). The van der Waals surface area contributed by atoms with E-state index < -0.39 is 11.7 Å². The maximum atomic E-state index is 12.5. The van der Waals surface area contributed by atoms with Crippen LogP contribution in [0.25, 0.3) is 11.3 Å². The highest BCUT2D eigenvalue weighted by Gasteiger charge is 2.30. The van der Waals surface area contributed by atoms with Gasteiger partial charge in [0.2, 0.25) is 0 Å². The first-order chi connectivity index (χ1) is 10.0. The molecule has 2 heterocycles. The third kappa shape index (κ3) is 3.18. The van der Waals surface area contributed by atoms with E-state index in [1.807, 2.05) is 0 Å². The van der Waals surface area contributed by atoms with Crippen molar-refractivity contribution in [3.63, 3.8) is 0 Å². The van der Waals surface area contributed by atoms with E-state index in [0.29, 0.717) is 23.1 Å². The zero-order chi connectivity index (χ0) is 14.9. The van der Waals surface area contributed by atoms with Crippen LogP contribution < -0.4 is 10.6 Å². The molecule has 0 saturated carbocycles. The Morgan fingerprint density at radius 3 is 2.57 bits per heavy atom. The third-order valence-electron chi connectivity index (χ3n) is 3.51. The number of benzene rings is 1. The summed E-state index contributed by atoms with van der Waals surface area (Å²) in [6.07, 6.45) is -3.28. The number of rotatable bonds is 3. The Bertz CT molecular complexity index is 597. The van der Waals surface area contributed by atoms with E-state index in [1.165, 1.54) is 12.1 Å². The highest BCUT2D eigenvalue weighted by atomic mass is 19.4. The molecule has 1 fully saturated rings. The molecule has 1 aromatic heterocycles. The highest BCUT2D eigenvalue weighted by molar-refractivity contribution is 5.63. The Balaban J connectivity index is 1.73. The molecule has 0 bridgehead atoms. The lowest BCUT2D eigenvalue weighted by atomic mass is 10.1. The minimum absolute atomic E-state index is 0.341. The van der Waals surface area contributed by atoms with Gasteiger partial charge in [0.05, 0.1) is 11.3 Å². The van der Waals surface area contributed by atoms with Crippen molar-refractivity contribution in [1.29, 1.82) is 0 Å². The monoisotopic (exact) mass is 296 g/mol. The summed E-state index contributed by atoms with van der Waals surface area (Å²) >= 11 is 0. The van der Waals surface area contributed by atoms with Gasteiger partial charge < -0.3 is 10.6 Å². The maximum Gasteiger partial charge on any atom is 0.416 e. The second-order valence-electron chi connectivity index (χ2n) is 5.08. The number of halogens is 3. The van der Waals surface area contributed by atoms with Crippen molar-refractivity contribution in [2.45, 2.75) is 18.6 Å². The van der Waals surface area contributed by atoms with Crippen molar-refractivity contribution < 1.29 is 13.2 Å². The molecule has 7 heteroatoms. The molecule has 4 nitrogen and oxygen atoms in total. The van der Waals surface area contributed by atoms with Crippen LogP contribution in [-0.2, 0) is 6.18 Å². The molecular formula is C14H15F3N4. The van der Waals surface area contributed by atoms with E-state index in [1.54, 1.807) is 6.07 Å². The first-order valence-electron chi connectivity index (χ1n) is 6.73. The second-order valence-corrected chi connectivity index (χ2v) is 5.08. The van der Waals surface area contributed by atoms with Crippen LogP contribution >= 0.6 is 0 Å². The molecule has 2 aromatic rings. The lowest BCUT2D eigenvalue weighted by Gasteiger charge is -2.08. The number of nitrogens with zero attached hydrogens (tertiary/aromatic N) is 1. The summed E-state index contributed by atoms with van der Waals surface area (Å²) in [6, 6.07) is 7.18. The average molecular weight is 296 g/mol. The van der Waals surface area contributed by atoms with E-state index >= 15 is 0 Å². The van der Waals surface area contributed by atoms with Crippen molar-refractivity contribution in [3.05, 3.63) is 35.9 Å². The number of aromatic amines is 1. The first kappa shape index (κ1) is 13.9. The molecule has 21 heavy (non-hydrogen) atoms. The topological polar surface area (TPSA) is 52.7 Å². The zero-order valence-corrected chi connectivity index (χ0v) is 11.2. The number of hydrogen-bond donors (Lipinski definition) is 3. The van der Waals surface area contributed by atoms with E-state index in [4.69, 9.17) is 0 Å². The summed E-state index contributed by atoms with van der Waals surface area (Å²) in [6.45, 7) is 1.87. The van der Waals surface area contributed by atoms with Crippen LogP contribution in [-0.4, -0.2) is 29.3 Å². The summed E-state index contributed by atoms with van der Waals surface area (Å²) in [5.41, 5.74) is 0.714. The van der Waals surface area contributed by atoms with Crippen molar-refractivity contribution in [1.82, 2.24) is 15.5 Å². The molecule has 112 valence electrons. The third-order valence-corrected chi connectivity index (χ3v) is 3.51. The number of nitrogens with one attached hydrogen (secondary N) is 3. The minimum Gasteiger partial charge on any atom is -0.365 e. The van der Waals surface area contributed by atoms with Crippen LogP contribution in [0.4, 0.5) is 19.0 Å². The minimum atomic E-state index is -4.31. The van der Waals surface area contributed by atoms with Crippen LogP contribution in [0.5, 0.6) is 0 Å². The highest BCUT2D eigenvalue weighted by Crippen LogP contribution is 2.30. The molecule has 3 rings (SSSR count). The van der Waals surface area contributed by atoms with Crippen LogP contribution in [0.3, 0.4) is 0 Å². The smallest absolute Gasteiger partial charge is 0.365 e. The molecule has 1 aromatic carbocycles. The van der Waals surface area contributed by atoms with Crippen LogP contribution in [0.15, 0.2) is 30.3 Å². The molecule has 0 spiro atoms. The lowest BCUT2D eigenvalue weighted by Crippen LogP contribution is -2.22. The molecule has 1 aliphatic heterocycles. The van der Waals surface area contributed by atoms with Crippen molar-refractivity contribution in [2.75, 3.05) is 18.4 Å². The molecule has 0 aliphatic carbocycles. The van der Waals surface area contributed by atoms with Gasteiger partial charge in [-0.2, -0.15) is 18.3 Å². The van der Waals surface area contributed by atoms with Gasteiger partial charge in [-0.1, -0.05) is 12.1 Å². The molecule has 1 saturated heterocycles. The van der Waals surface area contributed by atoms with Gasteiger partial charge in [-0.25, -0.2) is 0 Å². The van der Waals surface area contributed by atoms with Crippen LogP contribution in [0.1, 0.15) is 12.0 Å². The van der Waals surface area contributed by atoms with Gasteiger partial charge in [-0.05, 0) is 30.7 Å². The average Bonchev–Trinajstić information content (AvgIpc) is 3.10. The summed E-state index contributed by atoms with van der Waals surface area (Å²) < 4.78 is 37.6. The molecular weight excluding hydrogens is 281 g/mol. The fourth-order valence-electron chi connectivity index (χ4n) is 2.37. The Hall–Kier alpha value is -2.02. The van der Waals surface area contributed by atoms with Gasteiger partial charge in [-0.3, -0.25) is 5.10 Å². The Labute approximate surface area is 119 Å². The molecule has 1 atom stereocenters. The van der Waals surface area contributed by atoms with E-state index in [9.17, 15) is 13.2 Å². The maximum absolute atomic E-state index is 12.5. The van der Waals surface area contributed by atoms with Crippen molar-refractivity contribution in [2.24, 2.45) is 0 Å². The van der Waals surface area contributed by atoms with E-state index in [-0.39, 0.29) is 0 Å². The lowest BCUT2D eigenvalue weighted by molar-refractivity contribution is -0.137. The fourth-order valence-corrected chi connectivity index (χ4v) is 2.37. The molecule has 1 aliphatic rings. The van der Waals surface area contributed by atoms with Gasteiger partial charge in [-0.15, -0.1) is 0 Å². The largest absolute Gasteiger partial charge is 0.416 e. The summed E-state index contributed by atoms with van der Waals surface area (Å²) in [5, 5.41) is 13.5. The quantitative estimate of drug-likeness (QED) is 0.816. The van der Waals surface area contributed by atoms with Crippen molar-refractivity contribution in [3.8, 4) is 11.3 Å². The summed E-state index contributed by atoms with van der Waals surface area (Å²) in [5.74, 6) is 0.707. The van der Waals surface area contributed by atoms with Gasteiger partial charge >= 0.3 is 6.18 Å². The van der Waals surface area contributed by atoms with Gasteiger partial charge in [0, 0.05) is 18.7 Å². The normalized spacial score (nSPS) is 18.9. The SMILES string of the molecule is FC(F)(F)c1ccc(-c2cc(NC3CCNC3)n[nH]2)cc1. The summed E-state index contributed by atoms with van der Waals surface area (Å²) in [7, 11) is 0. The predicted molar refractivity (Wildman–Crippen MR) is 73.9 cm³/mol. The van der Waals surface area contributed by atoms with Crippen LogP contribution in [0, 0.1) is 0 Å². The molecule has 0 radical (unpaired) electrons. The zero-order valence-electron chi connectivity index (χ0n) is 11.2. The molecule has 3 N–H and O–H groups in total. The fraction of sp³-hybridized carbons (Fsp3) is 0.357. The Morgan fingerprint density at radius 1 is 1.19 bits per heavy atom. The first-order valence-corrected chi connectivity index (χ1v) is 6.73. The number of aromatic nitrogens is 2. The predicted octanol–water partition coefficient (Wildman–Crippen LogP) is 2.87. The number of alkyl halides is 3. The Morgan fingerprint density at radius 2 is 1.95 bits per heavy atom. The molecule has 1 unspecified atom stereocenters. The second kappa shape index (κ2) is 5.40. The number of hydrogen-bond acceptors (Lipinski definition) is 3. The van der Waals surface area contributed by atoms with Gasteiger partial charge in [0.1, 0.15) is 5.82 Å². The summed E-state index contributed by atoms with van der Waals surface area (Å²) in [4.78, 5) is 0. The van der Waals surface area contributed by atoms with E-state index in [2.05, 4.69) is 20.8 Å². The van der Waals surface area contributed by atoms with Gasteiger partial charge in [0.25, 0.3) is 0 Å². The molecule has 0 amide bonds. The van der Waals surface area contributed by atoms with Crippen molar-refractivity contribution >= 4 is 5.82 Å². The van der Waals surface area contributed by atoms with Crippen LogP contribution in [0.2, 0.25) is 0 Å². The van der Waals surface area contributed by atoms with E-state index in [0.717, 1.165) is 31.6 Å². The van der Waals surface area contributed by atoms with Gasteiger partial charge in [0.15, 0.2) is 0 Å². The number of anilines is 1. The Kier molecular flexibility index (Phi) is 3.59. The number of H-pyrrole nitrogens is 1.